The van der Waals surface area contributed by atoms with Crippen molar-refractivity contribution in [3.05, 3.63) is 0 Å². The van der Waals surface area contributed by atoms with Gasteiger partial charge in [0.1, 0.15) is 0 Å². The lowest BCUT2D eigenvalue weighted by molar-refractivity contribution is -0.151. The summed E-state index contributed by atoms with van der Waals surface area (Å²) < 4.78 is 0. The molecule has 2 atom stereocenters. The maximum atomic E-state index is 10.2. The summed E-state index contributed by atoms with van der Waals surface area (Å²) in [5.41, 5.74) is 0. The van der Waals surface area contributed by atoms with Gasteiger partial charge >= 0.3 is 5.97 Å². The molecule has 0 fully saturated rings. The molecule has 0 saturated heterocycles. The number of carboxylic acids is 1. The zero-order valence-corrected chi connectivity index (χ0v) is 7.14. The molecule has 0 saturated carbocycles. The van der Waals surface area contributed by atoms with Gasteiger partial charge < -0.3 is 15.3 Å². The highest BCUT2D eigenvalue weighted by molar-refractivity contribution is 5.69. The molecular formula is C8H14O4. The summed E-state index contributed by atoms with van der Waals surface area (Å²) in [4.78, 5) is 10.2. The molecule has 70 valence electrons. The molecule has 4 heteroatoms. The molecule has 0 aromatic carbocycles. The Labute approximate surface area is 71.8 Å². The van der Waals surface area contributed by atoms with Crippen LogP contribution in [0.3, 0.4) is 0 Å². The van der Waals surface area contributed by atoms with Gasteiger partial charge in [0.05, 0.1) is 5.92 Å². The number of rotatable bonds is 3. The number of carboxylic acid groups (broad SMARTS) is 1. The average Bonchev–Trinajstić information content (AvgIpc) is 2.05. The minimum absolute atomic E-state index is 0.627. The van der Waals surface area contributed by atoms with Gasteiger partial charge in [0, 0.05) is 5.92 Å². The van der Waals surface area contributed by atoms with E-state index in [1.807, 2.05) is 0 Å². The Balaban J connectivity index is 0. The van der Waals surface area contributed by atoms with Crippen molar-refractivity contribution in [2.24, 2.45) is 11.8 Å². The van der Waals surface area contributed by atoms with Crippen LogP contribution in [-0.4, -0.2) is 27.6 Å². The second-order valence-electron chi connectivity index (χ2n) is 2.40. The van der Waals surface area contributed by atoms with E-state index in [9.17, 15) is 4.79 Å². The second kappa shape index (κ2) is 6.65. The third-order valence-electron chi connectivity index (χ3n) is 1.65. The van der Waals surface area contributed by atoms with E-state index in [-0.39, 0.29) is 0 Å². The monoisotopic (exact) mass is 174 g/mol. The number of carbonyl (C=O) groups is 1. The van der Waals surface area contributed by atoms with E-state index in [1.165, 1.54) is 13.8 Å². The van der Waals surface area contributed by atoms with Crippen molar-refractivity contribution < 1.29 is 20.1 Å². The summed E-state index contributed by atoms with van der Waals surface area (Å²) in [7, 11) is 0. The lowest BCUT2D eigenvalue weighted by atomic mass is 9.96. The summed E-state index contributed by atoms with van der Waals surface area (Å²) in [6, 6.07) is 0. The predicted molar refractivity (Wildman–Crippen MR) is 44.1 cm³/mol. The van der Waals surface area contributed by atoms with E-state index in [4.69, 9.17) is 15.3 Å². The minimum atomic E-state index is -1.55. The fourth-order valence-electron chi connectivity index (χ4n) is 0.483. The molecule has 0 spiro atoms. The molecule has 3 N–H and O–H groups in total. The van der Waals surface area contributed by atoms with Crippen molar-refractivity contribution in [3.8, 4) is 12.8 Å². The Bertz CT molecular complexity index is 150. The molecule has 0 bridgehead atoms. The van der Waals surface area contributed by atoms with Gasteiger partial charge in [0.25, 0.3) is 0 Å². The van der Waals surface area contributed by atoms with Crippen LogP contribution in [0.1, 0.15) is 13.8 Å². The maximum Gasteiger partial charge on any atom is 0.306 e. The van der Waals surface area contributed by atoms with E-state index in [2.05, 4.69) is 12.8 Å². The van der Waals surface area contributed by atoms with E-state index in [0.29, 0.717) is 0 Å². The van der Waals surface area contributed by atoms with Crippen molar-refractivity contribution in [1.82, 2.24) is 0 Å². The number of hydrogen-bond donors (Lipinski definition) is 3. The van der Waals surface area contributed by atoms with Gasteiger partial charge in [-0.15, -0.1) is 12.8 Å². The molecule has 12 heavy (non-hydrogen) atoms. The Morgan fingerprint density at radius 2 is 1.58 bits per heavy atom. The summed E-state index contributed by atoms with van der Waals surface area (Å²) in [6.07, 6.45) is 6.45. The first-order valence-corrected chi connectivity index (χ1v) is 3.39. The van der Waals surface area contributed by atoms with Crippen molar-refractivity contribution in [3.63, 3.8) is 0 Å². The first-order chi connectivity index (χ1) is 5.46. The molecule has 0 radical (unpaired) electrons. The van der Waals surface area contributed by atoms with E-state index in [0.717, 1.165) is 0 Å². The van der Waals surface area contributed by atoms with Crippen LogP contribution < -0.4 is 0 Å². The molecule has 0 aliphatic rings. The van der Waals surface area contributed by atoms with Gasteiger partial charge in [-0.1, -0.05) is 13.8 Å². The quantitative estimate of drug-likeness (QED) is 0.412. The molecule has 4 nitrogen and oxygen atoms in total. The molecule has 0 aliphatic heterocycles. The SMILES string of the molecule is C#C.CC(C(=O)O)C(C)C(O)O. The molecule has 0 aromatic rings. The van der Waals surface area contributed by atoms with Crippen LogP contribution in [0.4, 0.5) is 0 Å². The standard InChI is InChI=1S/C6H12O4.C2H2/c1-3(5(7)8)4(2)6(9)10;1-2/h3-5,7-8H,1-2H3,(H,9,10);1-2H. The van der Waals surface area contributed by atoms with Crippen molar-refractivity contribution in [1.29, 1.82) is 0 Å². The van der Waals surface area contributed by atoms with Crippen LogP contribution >= 0.6 is 0 Å². The van der Waals surface area contributed by atoms with Gasteiger partial charge in [0.15, 0.2) is 6.29 Å². The number of aliphatic hydroxyl groups is 2. The Morgan fingerprint density at radius 3 is 1.67 bits per heavy atom. The van der Waals surface area contributed by atoms with Crippen LogP contribution in [-0.2, 0) is 4.79 Å². The van der Waals surface area contributed by atoms with Crippen molar-refractivity contribution >= 4 is 5.97 Å². The van der Waals surface area contributed by atoms with Gasteiger partial charge in [0.2, 0.25) is 0 Å². The summed E-state index contributed by atoms with van der Waals surface area (Å²) in [5, 5.41) is 25.4. The molecule has 0 rings (SSSR count). The largest absolute Gasteiger partial charge is 0.481 e. The van der Waals surface area contributed by atoms with Gasteiger partial charge in [-0.05, 0) is 0 Å². The van der Waals surface area contributed by atoms with Crippen LogP contribution in [0, 0.1) is 24.7 Å². The van der Waals surface area contributed by atoms with Crippen LogP contribution in [0.15, 0.2) is 0 Å². The summed E-state index contributed by atoms with van der Waals surface area (Å²) >= 11 is 0. The smallest absolute Gasteiger partial charge is 0.306 e. The molecule has 2 unspecified atom stereocenters. The number of terminal acetylenes is 1. The zero-order valence-electron chi connectivity index (χ0n) is 7.14. The minimum Gasteiger partial charge on any atom is -0.481 e. The van der Waals surface area contributed by atoms with Gasteiger partial charge in [-0.2, -0.15) is 0 Å². The maximum absolute atomic E-state index is 10.2. The van der Waals surface area contributed by atoms with Gasteiger partial charge in [-0.25, -0.2) is 0 Å². The van der Waals surface area contributed by atoms with Crippen molar-refractivity contribution in [2.45, 2.75) is 20.1 Å². The third-order valence-corrected chi connectivity index (χ3v) is 1.65. The molecule has 0 amide bonds. The number of aliphatic carboxylic acids is 1. The molecule has 0 aromatic heterocycles. The molecular weight excluding hydrogens is 160 g/mol. The topological polar surface area (TPSA) is 77.8 Å². The van der Waals surface area contributed by atoms with Crippen molar-refractivity contribution in [2.75, 3.05) is 0 Å². The highest BCUT2D eigenvalue weighted by Crippen LogP contribution is 2.13. The van der Waals surface area contributed by atoms with Gasteiger partial charge in [-0.3, -0.25) is 4.79 Å². The Morgan fingerprint density at radius 1 is 1.25 bits per heavy atom. The highest BCUT2D eigenvalue weighted by Gasteiger charge is 2.23. The van der Waals surface area contributed by atoms with Crippen LogP contribution in [0.5, 0.6) is 0 Å². The summed E-state index contributed by atoms with van der Waals surface area (Å²) in [5.74, 6) is -2.36. The first kappa shape index (κ1) is 13.5. The lowest BCUT2D eigenvalue weighted by Crippen LogP contribution is -2.28. The lowest BCUT2D eigenvalue weighted by Gasteiger charge is -2.16. The number of aliphatic hydroxyl groups excluding tert-OH is 1. The van der Waals surface area contributed by atoms with E-state index >= 15 is 0 Å². The Kier molecular flexibility index (Phi) is 7.50. The first-order valence-electron chi connectivity index (χ1n) is 3.39. The van der Waals surface area contributed by atoms with E-state index < -0.39 is 24.1 Å². The number of hydrogen-bond acceptors (Lipinski definition) is 3. The second-order valence-corrected chi connectivity index (χ2v) is 2.40. The third kappa shape index (κ3) is 4.72. The normalized spacial score (nSPS) is 14.2. The highest BCUT2D eigenvalue weighted by atomic mass is 16.5. The fourth-order valence-corrected chi connectivity index (χ4v) is 0.483. The average molecular weight is 174 g/mol. The molecule has 0 aliphatic carbocycles. The van der Waals surface area contributed by atoms with E-state index in [1.54, 1.807) is 0 Å². The van der Waals surface area contributed by atoms with Crippen LogP contribution in [0.25, 0.3) is 0 Å². The predicted octanol–water partition coefficient (Wildman–Crippen LogP) is -0.0967. The Hall–Kier alpha value is -1.05. The fraction of sp³-hybridized carbons (Fsp3) is 0.625. The zero-order chi connectivity index (χ0) is 10.3. The van der Waals surface area contributed by atoms with Crippen LogP contribution in [0.2, 0.25) is 0 Å². The summed E-state index contributed by atoms with van der Waals surface area (Å²) in [6.45, 7) is 2.91. The molecule has 0 heterocycles.